The van der Waals surface area contributed by atoms with E-state index < -0.39 is 23.7 Å². The summed E-state index contributed by atoms with van der Waals surface area (Å²) in [5.41, 5.74) is 0.920. The smallest absolute Gasteiger partial charge is 0.0863 e. The number of hydrogen-bond donors (Lipinski definition) is 4. The number of aliphatic hydroxyl groups is 4. The highest BCUT2D eigenvalue weighted by Crippen LogP contribution is 2.75. The second-order valence-electron chi connectivity index (χ2n) is 15.2. The summed E-state index contributed by atoms with van der Waals surface area (Å²) in [6.45, 7) is 16.2. The zero-order valence-corrected chi connectivity index (χ0v) is 22.7. The molecule has 4 saturated carbocycles. The van der Waals surface area contributed by atoms with Crippen LogP contribution in [0.5, 0.6) is 0 Å². The fourth-order valence-electron chi connectivity index (χ4n) is 10.7. The minimum Gasteiger partial charge on any atom is -0.396 e. The molecule has 0 aromatic carbocycles. The maximum Gasteiger partial charge on any atom is 0.0863 e. The lowest BCUT2D eigenvalue weighted by molar-refractivity contribution is -0.225. The summed E-state index contributed by atoms with van der Waals surface area (Å²) in [6, 6.07) is 0. The van der Waals surface area contributed by atoms with Crippen molar-refractivity contribution in [3.05, 3.63) is 11.6 Å². The van der Waals surface area contributed by atoms with Crippen molar-refractivity contribution in [2.24, 2.45) is 50.2 Å². The number of hydrogen-bond acceptors (Lipinski definition) is 4. The van der Waals surface area contributed by atoms with Gasteiger partial charge >= 0.3 is 0 Å². The van der Waals surface area contributed by atoms with Gasteiger partial charge in [-0.1, -0.05) is 60.1 Å². The first-order chi connectivity index (χ1) is 15.6. The Morgan fingerprint density at radius 3 is 2.12 bits per heavy atom. The Balaban J connectivity index is 1.58. The highest BCUT2D eigenvalue weighted by molar-refractivity contribution is 5.34. The molecule has 0 spiro atoms. The molecule has 4 heteroatoms. The van der Waals surface area contributed by atoms with Gasteiger partial charge in [-0.2, -0.15) is 0 Å². The molecule has 0 radical (unpaired) electrons. The Hall–Kier alpha value is -0.420. The van der Waals surface area contributed by atoms with Crippen LogP contribution in [0, 0.1) is 50.2 Å². The van der Waals surface area contributed by atoms with Gasteiger partial charge in [-0.3, -0.25) is 0 Å². The molecule has 5 aliphatic rings. The van der Waals surface area contributed by atoms with E-state index in [-0.39, 0.29) is 33.7 Å². The average Bonchev–Trinajstić information content (AvgIpc) is 2.77. The van der Waals surface area contributed by atoms with Crippen LogP contribution in [0.15, 0.2) is 11.6 Å². The third kappa shape index (κ3) is 2.81. The molecule has 0 aromatic rings. The molecule has 0 heterocycles. The van der Waals surface area contributed by atoms with Crippen LogP contribution < -0.4 is 0 Å². The highest BCUT2D eigenvalue weighted by Gasteiger charge is 2.69. The predicted molar refractivity (Wildman–Crippen MR) is 135 cm³/mol. The van der Waals surface area contributed by atoms with Crippen LogP contribution in [-0.2, 0) is 0 Å². The minimum atomic E-state index is -0.685. The third-order valence-corrected chi connectivity index (χ3v) is 13.5. The molecule has 0 saturated heterocycles. The summed E-state index contributed by atoms with van der Waals surface area (Å²) in [7, 11) is 0. The van der Waals surface area contributed by atoms with Crippen molar-refractivity contribution < 1.29 is 20.4 Å². The monoisotopic (exact) mass is 474 g/mol. The maximum absolute atomic E-state index is 11.3. The quantitative estimate of drug-likeness (QED) is 0.399. The van der Waals surface area contributed by atoms with Crippen molar-refractivity contribution in [2.45, 2.75) is 118 Å². The van der Waals surface area contributed by atoms with Gasteiger partial charge < -0.3 is 20.4 Å². The summed E-state index contributed by atoms with van der Waals surface area (Å²) >= 11 is 0. The van der Waals surface area contributed by atoms with E-state index in [2.05, 4.69) is 54.5 Å². The Bertz CT molecular complexity index is 881. The fourth-order valence-corrected chi connectivity index (χ4v) is 10.7. The fraction of sp³-hybridized carbons (Fsp3) is 0.933. The van der Waals surface area contributed by atoms with Gasteiger partial charge in [-0.15, -0.1) is 0 Å². The average molecular weight is 475 g/mol. The molecule has 0 amide bonds. The molecule has 0 aromatic heterocycles. The summed E-state index contributed by atoms with van der Waals surface area (Å²) in [5, 5.41) is 43.6. The summed E-state index contributed by atoms with van der Waals surface area (Å²) in [6.07, 6.45) is 8.79. The SMILES string of the molecule is CC1(C)C[C@H]2C3=CC[C@@H]4[C@@]5(C)CC[C@H](O)[C@](C)(CO)[C@H]5CC[C@@]4(C)[C@]3(C)CC[C@@]2(C)[C@H](O)[C@@H]1O. The Morgan fingerprint density at radius 1 is 0.794 bits per heavy atom. The zero-order chi connectivity index (χ0) is 25.1. The maximum atomic E-state index is 11.3. The van der Waals surface area contributed by atoms with Gasteiger partial charge in [-0.05, 0) is 90.8 Å². The second kappa shape index (κ2) is 7.33. The number of aliphatic hydroxyl groups excluding tert-OH is 4. The Kier molecular flexibility index (Phi) is 5.44. The van der Waals surface area contributed by atoms with Crippen molar-refractivity contribution in [3.8, 4) is 0 Å². The molecule has 0 bridgehead atoms. The lowest BCUT2D eigenvalue weighted by atomic mass is 9.33. The van der Waals surface area contributed by atoms with E-state index in [0.29, 0.717) is 17.8 Å². The van der Waals surface area contributed by atoms with E-state index in [4.69, 9.17) is 0 Å². The van der Waals surface area contributed by atoms with Crippen LogP contribution in [0.4, 0.5) is 0 Å². The van der Waals surface area contributed by atoms with E-state index in [1.54, 1.807) is 5.57 Å². The molecule has 5 rings (SSSR count). The molecule has 194 valence electrons. The summed E-state index contributed by atoms with van der Waals surface area (Å²) in [4.78, 5) is 0. The van der Waals surface area contributed by atoms with E-state index in [9.17, 15) is 20.4 Å². The molecule has 0 unspecified atom stereocenters. The van der Waals surface area contributed by atoms with Gasteiger partial charge in [0, 0.05) is 10.8 Å². The number of rotatable bonds is 1. The minimum absolute atomic E-state index is 0.0614. The molecule has 4 nitrogen and oxygen atoms in total. The summed E-state index contributed by atoms with van der Waals surface area (Å²) < 4.78 is 0. The van der Waals surface area contributed by atoms with Crippen molar-refractivity contribution in [1.82, 2.24) is 0 Å². The lowest BCUT2D eigenvalue weighted by Gasteiger charge is -2.72. The van der Waals surface area contributed by atoms with E-state index >= 15 is 0 Å². The molecule has 4 N–H and O–H groups in total. The first-order valence-corrected chi connectivity index (χ1v) is 14.0. The zero-order valence-electron chi connectivity index (χ0n) is 22.7. The van der Waals surface area contributed by atoms with Crippen LogP contribution in [0.2, 0.25) is 0 Å². The van der Waals surface area contributed by atoms with Crippen molar-refractivity contribution in [3.63, 3.8) is 0 Å². The molecular weight excluding hydrogens is 424 g/mol. The van der Waals surface area contributed by atoms with Crippen molar-refractivity contribution >= 4 is 0 Å². The van der Waals surface area contributed by atoms with Crippen LogP contribution in [-0.4, -0.2) is 45.3 Å². The Morgan fingerprint density at radius 2 is 1.47 bits per heavy atom. The predicted octanol–water partition coefficient (Wildman–Crippen LogP) is 5.08. The van der Waals surface area contributed by atoms with Crippen LogP contribution in [0.25, 0.3) is 0 Å². The van der Waals surface area contributed by atoms with E-state index in [1.807, 2.05) is 0 Å². The topological polar surface area (TPSA) is 80.9 Å². The molecule has 11 atom stereocenters. The van der Waals surface area contributed by atoms with Gasteiger partial charge in [0.25, 0.3) is 0 Å². The number of allylic oxidation sites excluding steroid dienone is 2. The molecule has 4 fully saturated rings. The van der Waals surface area contributed by atoms with Crippen LogP contribution in [0.1, 0.15) is 99.8 Å². The first kappa shape index (κ1) is 25.2. The van der Waals surface area contributed by atoms with Gasteiger partial charge in [-0.25, -0.2) is 0 Å². The van der Waals surface area contributed by atoms with Gasteiger partial charge in [0.1, 0.15) is 0 Å². The molecule has 34 heavy (non-hydrogen) atoms. The van der Waals surface area contributed by atoms with E-state index in [0.717, 1.165) is 51.4 Å². The standard InChI is InChI=1S/C30H50O4/c1-25(2)16-19-18-8-9-21-27(4)12-11-22(32)28(5,17-31)20(27)10-13-30(21,7)29(18,6)15-14-26(19,3)24(34)23(25)33/h8,19-24,31-34H,9-17H2,1-7H3/t19-,20-,21+,22-,23-,24+,26+,27-,28+,29+,30+/m0/s1. The molecule has 0 aliphatic heterocycles. The first-order valence-electron chi connectivity index (χ1n) is 14.0. The van der Waals surface area contributed by atoms with Gasteiger partial charge in [0.15, 0.2) is 0 Å². The lowest BCUT2D eigenvalue weighted by Crippen LogP contribution is -2.67. The third-order valence-electron chi connectivity index (χ3n) is 13.5. The van der Waals surface area contributed by atoms with Crippen LogP contribution in [0.3, 0.4) is 0 Å². The Labute approximate surface area is 207 Å². The number of fused-ring (bicyclic) bond motifs is 7. The molecular formula is C30H50O4. The van der Waals surface area contributed by atoms with Gasteiger partial charge in [0.05, 0.1) is 24.9 Å². The second-order valence-corrected chi connectivity index (χ2v) is 15.2. The highest BCUT2D eigenvalue weighted by atomic mass is 16.3. The van der Waals surface area contributed by atoms with Gasteiger partial charge in [0.2, 0.25) is 0 Å². The summed E-state index contributed by atoms with van der Waals surface area (Å²) in [5.74, 6) is 1.17. The van der Waals surface area contributed by atoms with Crippen LogP contribution >= 0.6 is 0 Å². The normalized spacial score (nSPS) is 58.6. The van der Waals surface area contributed by atoms with E-state index in [1.165, 1.54) is 0 Å². The largest absolute Gasteiger partial charge is 0.396 e. The van der Waals surface area contributed by atoms with Crippen molar-refractivity contribution in [1.29, 1.82) is 0 Å². The van der Waals surface area contributed by atoms with Crippen molar-refractivity contribution in [2.75, 3.05) is 6.61 Å². The molecule has 5 aliphatic carbocycles.